The van der Waals surface area contributed by atoms with Crippen LogP contribution in [0, 0.1) is 5.92 Å². The second kappa shape index (κ2) is 6.88. The van der Waals surface area contributed by atoms with Gasteiger partial charge >= 0.3 is 0 Å². The number of likely N-dealkylation sites (N-methyl/N-ethyl adjacent to an activating group) is 2. The van der Waals surface area contributed by atoms with Crippen LogP contribution in [0.15, 0.2) is 0 Å². The van der Waals surface area contributed by atoms with Crippen molar-refractivity contribution in [3.63, 3.8) is 0 Å². The Morgan fingerprint density at radius 3 is 2.17 bits per heavy atom. The predicted molar refractivity (Wildman–Crippen MR) is 80.1 cm³/mol. The summed E-state index contributed by atoms with van der Waals surface area (Å²) in [5.74, 6) is 0.703. The molecule has 1 N–H and O–H groups in total. The molecule has 1 fully saturated rings. The van der Waals surface area contributed by atoms with Crippen molar-refractivity contribution in [2.24, 2.45) is 5.92 Å². The van der Waals surface area contributed by atoms with E-state index >= 15 is 0 Å². The van der Waals surface area contributed by atoms with E-state index in [1.54, 1.807) is 0 Å². The highest BCUT2D eigenvalue weighted by Gasteiger charge is 2.40. The van der Waals surface area contributed by atoms with Crippen LogP contribution in [-0.2, 0) is 0 Å². The van der Waals surface area contributed by atoms with Crippen molar-refractivity contribution in [1.82, 2.24) is 15.1 Å². The van der Waals surface area contributed by atoms with E-state index in [1.165, 1.54) is 25.8 Å². The van der Waals surface area contributed by atoms with E-state index in [9.17, 15) is 0 Å². The average molecular weight is 255 g/mol. The normalized spacial score (nSPS) is 22.0. The molecule has 0 aromatic carbocycles. The van der Waals surface area contributed by atoms with Crippen molar-refractivity contribution < 1.29 is 0 Å². The lowest BCUT2D eigenvalue weighted by Gasteiger charge is -2.50. The molecule has 1 rings (SSSR count). The Morgan fingerprint density at radius 2 is 1.78 bits per heavy atom. The minimum atomic E-state index is 0.445. The highest BCUT2D eigenvalue weighted by atomic mass is 15.2. The third-order valence-electron chi connectivity index (χ3n) is 5.01. The van der Waals surface area contributed by atoms with Crippen molar-refractivity contribution in [2.75, 3.05) is 40.8 Å². The monoisotopic (exact) mass is 255 g/mol. The minimum absolute atomic E-state index is 0.445. The van der Waals surface area contributed by atoms with Crippen LogP contribution in [-0.4, -0.2) is 62.2 Å². The average Bonchev–Trinajstić information content (AvgIpc) is 2.28. The van der Waals surface area contributed by atoms with Gasteiger partial charge in [0.25, 0.3) is 0 Å². The van der Waals surface area contributed by atoms with Gasteiger partial charge in [-0.15, -0.1) is 0 Å². The van der Waals surface area contributed by atoms with E-state index in [0.29, 0.717) is 17.5 Å². The molecule has 18 heavy (non-hydrogen) atoms. The van der Waals surface area contributed by atoms with Gasteiger partial charge in [-0.3, -0.25) is 0 Å². The molecule has 0 bridgehead atoms. The number of rotatable bonds is 8. The van der Waals surface area contributed by atoms with Crippen LogP contribution in [0.1, 0.15) is 40.0 Å². The van der Waals surface area contributed by atoms with Crippen molar-refractivity contribution in [2.45, 2.75) is 51.6 Å². The molecule has 0 aromatic rings. The lowest BCUT2D eigenvalue weighted by molar-refractivity contribution is 0.0116. The van der Waals surface area contributed by atoms with E-state index in [2.05, 4.69) is 57.0 Å². The summed E-state index contributed by atoms with van der Waals surface area (Å²) in [5, 5.41) is 3.46. The van der Waals surface area contributed by atoms with E-state index < -0.39 is 0 Å². The van der Waals surface area contributed by atoms with E-state index in [-0.39, 0.29) is 0 Å². The van der Waals surface area contributed by atoms with Crippen molar-refractivity contribution >= 4 is 0 Å². The molecule has 2 unspecified atom stereocenters. The van der Waals surface area contributed by atoms with Crippen LogP contribution in [0.4, 0.5) is 0 Å². The van der Waals surface area contributed by atoms with Crippen LogP contribution in [0.2, 0.25) is 0 Å². The first-order valence-electron chi connectivity index (χ1n) is 7.51. The summed E-state index contributed by atoms with van der Waals surface area (Å²) in [6.07, 6.45) is 4.12. The number of hydrogen-bond acceptors (Lipinski definition) is 3. The van der Waals surface area contributed by atoms with Crippen LogP contribution in [0.5, 0.6) is 0 Å². The van der Waals surface area contributed by atoms with Gasteiger partial charge in [-0.25, -0.2) is 0 Å². The molecule has 0 aromatic heterocycles. The molecule has 3 heteroatoms. The highest BCUT2D eigenvalue weighted by molar-refractivity contribution is 4.98. The summed E-state index contributed by atoms with van der Waals surface area (Å²) in [5.41, 5.74) is 0.445. The zero-order chi connectivity index (χ0) is 13.8. The molecule has 108 valence electrons. The number of nitrogens with one attached hydrogen (secondary N) is 1. The summed E-state index contributed by atoms with van der Waals surface area (Å²) < 4.78 is 0. The maximum atomic E-state index is 3.46. The second-order valence-corrected chi connectivity index (χ2v) is 6.41. The van der Waals surface area contributed by atoms with Gasteiger partial charge in [-0.1, -0.05) is 13.8 Å². The van der Waals surface area contributed by atoms with Crippen LogP contribution < -0.4 is 5.32 Å². The van der Waals surface area contributed by atoms with Gasteiger partial charge in [0.2, 0.25) is 0 Å². The maximum Gasteiger partial charge on any atom is 0.0330 e. The molecule has 0 heterocycles. The highest BCUT2D eigenvalue weighted by Crippen LogP contribution is 2.37. The Kier molecular flexibility index (Phi) is 6.09. The van der Waals surface area contributed by atoms with Crippen molar-refractivity contribution in [1.29, 1.82) is 0 Å². The summed E-state index contributed by atoms with van der Waals surface area (Å²) in [4.78, 5) is 5.00. The smallest absolute Gasteiger partial charge is 0.0330 e. The standard InChI is InChI=1S/C15H33N3/c1-7-16-11-13(2)14(3)18(6)12-15(17(4)5)9-8-10-15/h13-14,16H,7-12H2,1-6H3. The molecule has 0 spiro atoms. The lowest BCUT2D eigenvalue weighted by Crippen LogP contribution is -2.58. The molecule has 1 aliphatic carbocycles. The van der Waals surface area contributed by atoms with Crippen molar-refractivity contribution in [3.05, 3.63) is 0 Å². The van der Waals surface area contributed by atoms with Gasteiger partial charge in [0.1, 0.15) is 0 Å². The molecule has 1 aliphatic rings. The van der Waals surface area contributed by atoms with Gasteiger partial charge in [-0.2, -0.15) is 0 Å². The van der Waals surface area contributed by atoms with Gasteiger partial charge in [0.15, 0.2) is 0 Å². The second-order valence-electron chi connectivity index (χ2n) is 6.41. The Balaban J connectivity index is 2.45. The topological polar surface area (TPSA) is 18.5 Å². The Hall–Kier alpha value is -0.120. The summed E-state index contributed by atoms with van der Waals surface area (Å²) >= 11 is 0. The maximum absolute atomic E-state index is 3.46. The first-order chi connectivity index (χ1) is 8.43. The largest absolute Gasteiger partial charge is 0.317 e. The van der Waals surface area contributed by atoms with E-state index in [4.69, 9.17) is 0 Å². The Labute approximate surface area is 114 Å². The van der Waals surface area contributed by atoms with Gasteiger partial charge < -0.3 is 15.1 Å². The zero-order valence-electron chi connectivity index (χ0n) is 13.3. The van der Waals surface area contributed by atoms with Crippen LogP contribution >= 0.6 is 0 Å². The molecule has 1 saturated carbocycles. The van der Waals surface area contributed by atoms with Crippen LogP contribution in [0.25, 0.3) is 0 Å². The Morgan fingerprint density at radius 1 is 1.17 bits per heavy atom. The summed E-state index contributed by atoms with van der Waals surface area (Å²) in [6.45, 7) is 10.3. The fraction of sp³-hybridized carbons (Fsp3) is 1.00. The zero-order valence-corrected chi connectivity index (χ0v) is 13.3. The lowest BCUT2D eigenvalue weighted by atomic mass is 9.75. The molecule has 0 aliphatic heterocycles. The minimum Gasteiger partial charge on any atom is -0.317 e. The molecule has 3 nitrogen and oxygen atoms in total. The summed E-state index contributed by atoms with van der Waals surface area (Å²) in [7, 11) is 6.76. The summed E-state index contributed by atoms with van der Waals surface area (Å²) in [6, 6.07) is 0.640. The van der Waals surface area contributed by atoms with E-state index in [1.807, 2.05) is 0 Å². The van der Waals surface area contributed by atoms with E-state index in [0.717, 1.165) is 13.1 Å². The van der Waals surface area contributed by atoms with Crippen molar-refractivity contribution in [3.8, 4) is 0 Å². The fourth-order valence-corrected chi connectivity index (χ4v) is 2.92. The van der Waals surface area contributed by atoms with Gasteiger partial charge in [0, 0.05) is 18.1 Å². The third-order valence-corrected chi connectivity index (χ3v) is 5.01. The third kappa shape index (κ3) is 3.69. The van der Waals surface area contributed by atoms with Gasteiger partial charge in [-0.05, 0) is 66.3 Å². The SMILES string of the molecule is CCNCC(C)C(C)N(C)CC1(N(C)C)CCC1. The molecule has 0 radical (unpaired) electrons. The fourth-order valence-electron chi connectivity index (χ4n) is 2.92. The van der Waals surface area contributed by atoms with Gasteiger partial charge in [0.05, 0.1) is 0 Å². The first-order valence-corrected chi connectivity index (χ1v) is 7.51. The predicted octanol–water partition coefficient (Wildman–Crippen LogP) is 2.04. The number of hydrogen-bond donors (Lipinski definition) is 1. The molecule has 0 amide bonds. The quantitative estimate of drug-likeness (QED) is 0.716. The number of nitrogens with zero attached hydrogens (tertiary/aromatic N) is 2. The molecular weight excluding hydrogens is 222 g/mol. The molecule has 0 saturated heterocycles. The molecule has 2 atom stereocenters. The first kappa shape index (κ1) is 15.9. The molecular formula is C15H33N3. The Bertz CT molecular complexity index is 236. The van der Waals surface area contributed by atoms with Crippen LogP contribution in [0.3, 0.4) is 0 Å².